The number of carbonyl (C=O) groups excluding carboxylic acids is 1. The van der Waals surface area contributed by atoms with Crippen LogP contribution >= 0.6 is 0 Å². The summed E-state index contributed by atoms with van der Waals surface area (Å²) in [6.07, 6.45) is 1.45. The normalized spacial score (nSPS) is 14.4. The maximum absolute atomic E-state index is 12.8. The van der Waals surface area contributed by atoms with Crippen LogP contribution < -0.4 is 9.64 Å². The summed E-state index contributed by atoms with van der Waals surface area (Å²) in [4.78, 5) is 31.3. The standard InChI is InChI=1S/C21H27N5O6S/c1-4-25(5-2)33(30,31)17-7-8-18(19(14-17)26(28)29)23-10-12-24(13-11-23)21(27)16-6-9-20(32-3)22-15-16/h6-9,14-15H,4-5,10-13H2,1-3H3. The van der Waals surface area contributed by atoms with E-state index in [2.05, 4.69) is 4.98 Å². The Labute approximate surface area is 192 Å². The molecular weight excluding hydrogens is 450 g/mol. The van der Waals surface area contributed by atoms with Gasteiger partial charge in [0.05, 0.1) is 22.5 Å². The molecular formula is C21H27N5O6S. The minimum atomic E-state index is -3.82. The smallest absolute Gasteiger partial charge is 0.293 e. The number of benzene rings is 1. The van der Waals surface area contributed by atoms with Gasteiger partial charge >= 0.3 is 0 Å². The lowest BCUT2D eigenvalue weighted by Gasteiger charge is -2.35. The number of anilines is 1. The van der Waals surface area contributed by atoms with Crippen molar-refractivity contribution in [2.24, 2.45) is 0 Å². The number of sulfonamides is 1. The molecule has 0 spiro atoms. The van der Waals surface area contributed by atoms with Crippen molar-refractivity contribution in [3.63, 3.8) is 0 Å². The van der Waals surface area contributed by atoms with Gasteiger partial charge in [0.1, 0.15) is 5.69 Å². The van der Waals surface area contributed by atoms with Gasteiger partial charge in [0, 0.05) is 57.6 Å². The molecule has 0 bridgehead atoms. The van der Waals surface area contributed by atoms with E-state index in [9.17, 15) is 23.3 Å². The number of nitro benzene ring substituents is 1. The van der Waals surface area contributed by atoms with Crippen LogP contribution in [0.1, 0.15) is 24.2 Å². The van der Waals surface area contributed by atoms with Crippen LogP contribution in [-0.2, 0) is 10.0 Å². The molecule has 1 aromatic carbocycles. The van der Waals surface area contributed by atoms with Gasteiger partial charge in [-0.05, 0) is 18.2 Å². The number of amides is 1. The summed E-state index contributed by atoms with van der Waals surface area (Å²) in [6.45, 7) is 5.45. The molecule has 0 aliphatic carbocycles. The molecule has 0 atom stereocenters. The van der Waals surface area contributed by atoms with Crippen LogP contribution in [0.15, 0.2) is 41.4 Å². The molecule has 1 amide bonds. The third-order valence-electron chi connectivity index (χ3n) is 5.59. The molecule has 12 heteroatoms. The summed E-state index contributed by atoms with van der Waals surface area (Å²) in [6, 6.07) is 7.24. The van der Waals surface area contributed by atoms with Gasteiger partial charge < -0.3 is 14.5 Å². The van der Waals surface area contributed by atoms with E-state index in [-0.39, 0.29) is 29.6 Å². The van der Waals surface area contributed by atoms with Crippen molar-refractivity contribution in [1.29, 1.82) is 0 Å². The number of rotatable bonds is 8. The Bertz CT molecular complexity index is 1110. The molecule has 1 saturated heterocycles. The second kappa shape index (κ2) is 10.1. The number of piperazine rings is 1. The van der Waals surface area contributed by atoms with E-state index in [0.29, 0.717) is 43.3 Å². The van der Waals surface area contributed by atoms with Crippen molar-refractivity contribution < 1.29 is 22.9 Å². The Kier molecular flexibility index (Phi) is 7.49. The first kappa shape index (κ1) is 24.4. The van der Waals surface area contributed by atoms with Crippen molar-refractivity contribution in [2.45, 2.75) is 18.7 Å². The molecule has 3 rings (SSSR count). The van der Waals surface area contributed by atoms with E-state index >= 15 is 0 Å². The average molecular weight is 478 g/mol. The lowest BCUT2D eigenvalue weighted by atomic mass is 10.2. The van der Waals surface area contributed by atoms with E-state index in [4.69, 9.17) is 4.74 Å². The highest BCUT2D eigenvalue weighted by atomic mass is 32.2. The van der Waals surface area contributed by atoms with Crippen LogP contribution in [0.3, 0.4) is 0 Å². The number of methoxy groups -OCH3 is 1. The van der Waals surface area contributed by atoms with Gasteiger partial charge in [0.2, 0.25) is 15.9 Å². The van der Waals surface area contributed by atoms with Gasteiger partial charge in [0.15, 0.2) is 0 Å². The van der Waals surface area contributed by atoms with Crippen molar-refractivity contribution in [2.75, 3.05) is 51.3 Å². The van der Waals surface area contributed by atoms with E-state index in [1.54, 1.807) is 35.8 Å². The van der Waals surface area contributed by atoms with Crippen molar-refractivity contribution >= 4 is 27.3 Å². The molecule has 178 valence electrons. The highest BCUT2D eigenvalue weighted by molar-refractivity contribution is 7.89. The van der Waals surface area contributed by atoms with Crippen LogP contribution in [0.5, 0.6) is 5.88 Å². The van der Waals surface area contributed by atoms with E-state index < -0.39 is 14.9 Å². The monoisotopic (exact) mass is 477 g/mol. The number of carbonyl (C=O) groups is 1. The van der Waals surface area contributed by atoms with Gasteiger partial charge in [-0.3, -0.25) is 14.9 Å². The molecule has 11 nitrogen and oxygen atoms in total. The number of aromatic nitrogens is 1. The maximum Gasteiger partial charge on any atom is 0.293 e. The summed E-state index contributed by atoms with van der Waals surface area (Å²) in [5, 5.41) is 11.8. The second-order valence-electron chi connectivity index (χ2n) is 7.37. The van der Waals surface area contributed by atoms with Gasteiger partial charge in [-0.2, -0.15) is 4.31 Å². The lowest BCUT2D eigenvalue weighted by molar-refractivity contribution is -0.384. The number of hydrogen-bond donors (Lipinski definition) is 0. The molecule has 1 fully saturated rings. The SMILES string of the molecule is CCN(CC)S(=O)(=O)c1ccc(N2CCN(C(=O)c3ccc(OC)nc3)CC2)c([N+](=O)[O-])c1. The fourth-order valence-electron chi connectivity index (χ4n) is 3.75. The molecule has 1 aliphatic rings. The molecule has 1 aliphatic heterocycles. The zero-order chi connectivity index (χ0) is 24.2. The first-order chi connectivity index (χ1) is 15.7. The van der Waals surface area contributed by atoms with Gasteiger partial charge in [0.25, 0.3) is 11.6 Å². The van der Waals surface area contributed by atoms with Gasteiger partial charge in [-0.15, -0.1) is 0 Å². The third kappa shape index (κ3) is 5.06. The number of ether oxygens (including phenoxy) is 1. The van der Waals surface area contributed by atoms with Crippen LogP contribution in [0.4, 0.5) is 11.4 Å². The van der Waals surface area contributed by atoms with Crippen molar-refractivity contribution in [3.05, 3.63) is 52.2 Å². The summed E-state index contributed by atoms with van der Waals surface area (Å²) in [7, 11) is -2.32. The largest absolute Gasteiger partial charge is 0.481 e. The zero-order valence-electron chi connectivity index (χ0n) is 18.8. The zero-order valence-corrected chi connectivity index (χ0v) is 19.6. The Morgan fingerprint density at radius 1 is 1.15 bits per heavy atom. The van der Waals surface area contributed by atoms with Crippen molar-refractivity contribution in [1.82, 2.24) is 14.2 Å². The molecule has 0 N–H and O–H groups in total. The number of nitrogens with zero attached hydrogens (tertiary/aromatic N) is 5. The Balaban J connectivity index is 1.78. The molecule has 0 saturated carbocycles. The van der Waals surface area contributed by atoms with E-state index in [0.717, 1.165) is 6.07 Å². The van der Waals surface area contributed by atoms with Gasteiger partial charge in [-0.1, -0.05) is 13.8 Å². The quantitative estimate of drug-likeness (QED) is 0.417. The highest BCUT2D eigenvalue weighted by Crippen LogP contribution is 2.32. The summed E-state index contributed by atoms with van der Waals surface area (Å²) in [5.41, 5.74) is 0.486. The predicted molar refractivity (Wildman–Crippen MR) is 122 cm³/mol. The maximum atomic E-state index is 12.8. The van der Waals surface area contributed by atoms with Crippen LogP contribution in [-0.4, -0.2) is 79.8 Å². The Hall–Kier alpha value is -3.25. The Morgan fingerprint density at radius 3 is 2.33 bits per heavy atom. The molecule has 0 radical (unpaired) electrons. The van der Waals surface area contributed by atoms with Gasteiger partial charge in [-0.25, -0.2) is 13.4 Å². The molecule has 2 aromatic rings. The summed E-state index contributed by atoms with van der Waals surface area (Å²) >= 11 is 0. The average Bonchev–Trinajstić information content (AvgIpc) is 2.84. The van der Waals surface area contributed by atoms with Crippen LogP contribution in [0.2, 0.25) is 0 Å². The van der Waals surface area contributed by atoms with Crippen molar-refractivity contribution in [3.8, 4) is 5.88 Å². The summed E-state index contributed by atoms with van der Waals surface area (Å²) < 4.78 is 31.8. The number of hydrogen-bond acceptors (Lipinski definition) is 8. The van der Waals surface area contributed by atoms with E-state index in [1.807, 2.05) is 0 Å². The second-order valence-corrected chi connectivity index (χ2v) is 9.30. The Morgan fingerprint density at radius 2 is 1.82 bits per heavy atom. The molecule has 2 heterocycles. The third-order valence-corrected chi connectivity index (χ3v) is 7.63. The number of pyridine rings is 1. The van der Waals surface area contributed by atoms with E-state index in [1.165, 1.54) is 29.7 Å². The predicted octanol–water partition coefficient (Wildman–Crippen LogP) is 1.99. The minimum absolute atomic E-state index is 0.109. The molecule has 0 unspecified atom stereocenters. The van der Waals surface area contributed by atoms with Crippen LogP contribution in [0.25, 0.3) is 0 Å². The fourth-order valence-corrected chi connectivity index (χ4v) is 5.23. The number of nitro groups is 1. The molecule has 33 heavy (non-hydrogen) atoms. The van der Waals surface area contributed by atoms with Crippen LogP contribution in [0, 0.1) is 10.1 Å². The molecule has 1 aromatic heterocycles. The summed E-state index contributed by atoms with van der Waals surface area (Å²) in [5.74, 6) is 0.232. The minimum Gasteiger partial charge on any atom is -0.481 e. The first-order valence-electron chi connectivity index (χ1n) is 10.6. The first-order valence-corrected chi connectivity index (χ1v) is 12.0. The highest BCUT2D eigenvalue weighted by Gasteiger charge is 2.30. The lowest BCUT2D eigenvalue weighted by Crippen LogP contribution is -2.49. The fraction of sp³-hybridized carbons (Fsp3) is 0.429. The topological polar surface area (TPSA) is 126 Å².